The van der Waals surface area contributed by atoms with E-state index in [0.29, 0.717) is 13.1 Å². The van der Waals surface area contributed by atoms with E-state index in [4.69, 9.17) is 15.5 Å². The summed E-state index contributed by atoms with van der Waals surface area (Å²) >= 11 is 0. The van der Waals surface area contributed by atoms with Crippen LogP contribution in [0, 0.1) is 16.7 Å². The van der Waals surface area contributed by atoms with Crippen LogP contribution in [0.25, 0.3) is 0 Å². The molecular weight excluding hydrogens is 204 g/mol. The number of rotatable bonds is 9. The van der Waals surface area contributed by atoms with Crippen LogP contribution in [-0.2, 0) is 0 Å². The van der Waals surface area contributed by atoms with Crippen molar-refractivity contribution in [2.24, 2.45) is 5.41 Å². The van der Waals surface area contributed by atoms with Crippen molar-refractivity contribution < 1.29 is 10.2 Å². The van der Waals surface area contributed by atoms with Gasteiger partial charge in [-0.3, -0.25) is 4.90 Å². The number of hydrogen-bond acceptors (Lipinski definition) is 4. The summed E-state index contributed by atoms with van der Waals surface area (Å²) in [6.45, 7) is 6.26. The highest BCUT2D eigenvalue weighted by Gasteiger charge is 2.15. The van der Waals surface area contributed by atoms with Crippen LogP contribution < -0.4 is 0 Å². The molecule has 0 rings (SSSR count). The third-order valence-corrected chi connectivity index (χ3v) is 2.66. The van der Waals surface area contributed by atoms with Crippen molar-refractivity contribution in [3.05, 3.63) is 0 Å². The summed E-state index contributed by atoms with van der Waals surface area (Å²) in [4.78, 5) is 2.04. The summed E-state index contributed by atoms with van der Waals surface area (Å²) in [5.41, 5.74) is -0.237. The van der Waals surface area contributed by atoms with E-state index >= 15 is 0 Å². The van der Waals surface area contributed by atoms with Crippen molar-refractivity contribution >= 4 is 0 Å². The molecular formula is C12H24N2O2. The number of nitriles is 1. The van der Waals surface area contributed by atoms with E-state index in [9.17, 15) is 0 Å². The van der Waals surface area contributed by atoms with Gasteiger partial charge in [0.2, 0.25) is 0 Å². The number of nitrogens with zero attached hydrogens (tertiary/aromatic N) is 2. The van der Waals surface area contributed by atoms with Crippen LogP contribution in [0.5, 0.6) is 0 Å². The molecule has 0 saturated carbocycles. The molecule has 0 aromatic heterocycles. The molecule has 0 aromatic carbocycles. The van der Waals surface area contributed by atoms with Crippen LogP contribution in [0.4, 0.5) is 0 Å². The van der Waals surface area contributed by atoms with Crippen LogP contribution in [0.15, 0.2) is 0 Å². The smallest absolute Gasteiger partial charge is 0.0683 e. The predicted molar refractivity (Wildman–Crippen MR) is 63.9 cm³/mol. The van der Waals surface area contributed by atoms with Gasteiger partial charge in [0.15, 0.2) is 0 Å². The van der Waals surface area contributed by atoms with Gasteiger partial charge in [0, 0.05) is 13.1 Å². The van der Waals surface area contributed by atoms with Gasteiger partial charge in [0.1, 0.15) is 0 Å². The van der Waals surface area contributed by atoms with E-state index in [1.54, 1.807) is 0 Å². The molecule has 0 aliphatic rings. The van der Waals surface area contributed by atoms with Crippen molar-refractivity contribution in [2.45, 2.75) is 33.1 Å². The largest absolute Gasteiger partial charge is 0.395 e. The molecule has 0 aliphatic heterocycles. The maximum absolute atomic E-state index is 8.84. The van der Waals surface area contributed by atoms with Crippen LogP contribution >= 0.6 is 0 Å². The SMILES string of the molecule is CC(C)(C#N)CCCCN(CCO)CCO. The van der Waals surface area contributed by atoms with Gasteiger partial charge in [0.05, 0.1) is 24.7 Å². The third-order valence-electron chi connectivity index (χ3n) is 2.66. The second-order valence-electron chi connectivity index (χ2n) is 4.74. The zero-order valence-corrected chi connectivity index (χ0v) is 10.4. The summed E-state index contributed by atoms with van der Waals surface area (Å²) in [5.74, 6) is 0. The zero-order chi connectivity index (χ0) is 12.4. The fourth-order valence-electron chi connectivity index (χ4n) is 1.58. The molecule has 94 valence electrons. The number of hydrogen-bond donors (Lipinski definition) is 2. The number of aliphatic hydroxyl groups is 2. The lowest BCUT2D eigenvalue weighted by atomic mass is 9.89. The summed E-state index contributed by atoms with van der Waals surface area (Å²) in [6.07, 6.45) is 2.91. The first-order valence-electron chi connectivity index (χ1n) is 5.91. The van der Waals surface area contributed by atoms with E-state index < -0.39 is 0 Å². The van der Waals surface area contributed by atoms with E-state index in [2.05, 4.69) is 6.07 Å². The highest BCUT2D eigenvalue weighted by molar-refractivity contribution is 4.91. The fourth-order valence-corrected chi connectivity index (χ4v) is 1.58. The van der Waals surface area contributed by atoms with Gasteiger partial charge in [-0.25, -0.2) is 0 Å². The van der Waals surface area contributed by atoms with Gasteiger partial charge in [-0.15, -0.1) is 0 Å². The van der Waals surface area contributed by atoms with E-state index in [1.807, 2.05) is 18.7 Å². The van der Waals surface area contributed by atoms with Gasteiger partial charge in [-0.05, 0) is 33.2 Å². The first-order valence-corrected chi connectivity index (χ1v) is 5.91. The van der Waals surface area contributed by atoms with Gasteiger partial charge >= 0.3 is 0 Å². The molecule has 4 nitrogen and oxygen atoms in total. The third kappa shape index (κ3) is 7.63. The fraction of sp³-hybridized carbons (Fsp3) is 0.917. The summed E-state index contributed by atoms with van der Waals surface area (Å²) in [6, 6.07) is 2.29. The Morgan fingerprint density at radius 2 is 1.62 bits per heavy atom. The molecule has 0 atom stereocenters. The monoisotopic (exact) mass is 228 g/mol. The Bertz CT molecular complexity index is 206. The predicted octanol–water partition coefficient (Wildman–Crippen LogP) is 0.993. The molecule has 0 bridgehead atoms. The minimum absolute atomic E-state index is 0.129. The van der Waals surface area contributed by atoms with E-state index in [1.165, 1.54) is 0 Å². The van der Waals surface area contributed by atoms with Gasteiger partial charge in [0.25, 0.3) is 0 Å². The van der Waals surface area contributed by atoms with Crippen molar-refractivity contribution in [3.8, 4) is 6.07 Å². The maximum Gasteiger partial charge on any atom is 0.0683 e. The summed E-state index contributed by atoms with van der Waals surface area (Å²) in [7, 11) is 0. The van der Waals surface area contributed by atoms with Gasteiger partial charge < -0.3 is 10.2 Å². The molecule has 2 N–H and O–H groups in total. The average molecular weight is 228 g/mol. The van der Waals surface area contributed by atoms with Crippen LogP contribution in [0.1, 0.15) is 33.1 Å². The van der Waals surface area contributed by atoms with Gasteiger partial charge in [-0.2, -0.15) is 5.26 Å². The molecule has 4 heteroatoms. The minimum Gasteiger partial charge on any atom is -0.395 e. The van der Waals surface area contributed by atoms with Crippen molar-refractivity contribution in [2.75, 3.05) is 32.8 Å². The zero-order valence-electron chi connectivity index (χ0n) is 10.4. The van der Waals surface area contributed by atoms with Crippen molar-refractivity contribution in [3.63, 3.8) is 0 Å². The average Bonchev–Trinajstić information content (AvgIpc) is 2.25. The Morgan fingerprint density at radius 3 is 2.06 bits per heavy atom. The Hall–Kier alpha value is -0.630. The Labute approximate surface area is 98.5 Å². The molecule has 0 heterocycles. The second kappa shape index (κ2) is 8.51. The van der Waals surface area contributed by atoms with Crippen LogP contribution in [0.2, 0.25) is 0 Å². The lowest BCUT2D eigenvalue weighted by molar-refractivity contribution is 0.158. The first kappa shape index (κ1) is 15.4. The summed E-state index contributed by atoms with van der Waals surface area (Å²) in [5, 5.41) is 26.5. The topological polar surface area (TPSA) is 67.5 Å². The van der Waals surface area contributed by atoms with E-state index in [-0.39, 0.29) is 18.6 Å². The molecule has 0 aliphatic carbocycles. The molecule has 0 saturated heterocycles. The molecule has 0 unspecified atom stereocenters. The number of unbranched alkanes of at least 4 members (excludes halogenated alkanes) is 1. The molecule has 0 radical (unpaired) electrons. The first-order chi connectivity index (χ1) is 7.55. The van der Waals surface area contributed by atoms with Crippen molar-refractivity contribution in [1.29, 1.82) is 5.26 Å². The van der Waals surface area contributed by atoms with Crippen LogP contribution in [-0.4, -0.2) is 48.0 Å². The standard InChI is InChI=1S/C12H24N2O2/c1-12(2,11-13)5-3-4-6-14(7-9-15)8-10-16/h15-16H,3-10H2,1-2H3. The Balaban J connectivity index is 3.66. The molecule has 0 spiro atoms. The lowest BCUT2D eigenvalue weighted by Crippen LogP contribution is -2.30. The second-order valence-corrected chi connectivity index (χ2v) is 4.74. The van der Waals surface area contributed by atoms with Crippen molar-refractivity contribution in [1.82, 2.24) is 4.90 Å². The lowest BCUT2D eigenvalue weighted by Gasteiger charge is -2.21. The minimum atomic E-state index is -0.237. The van der Waals surface area contributed by atoms with Gasteiger partial charge in [-0.1, -0.05) is 6.42 Å². The molecule has 0 aromatic rings. The van der Waals surface area contributed by atoms with E-state index in [0.717, 1.165) is 25.8 Å². The summed E-state index contributed by atoms with van der Waals surface area (Å²) < 4.78 is 0. The van der Waals surface area contributed by atoms with Crippen LogP contribution in [0.3, 0.4) is 0 Å². The Kier molecular flexibility index (Phi) is 8.18. The molecule has 0 fully saturated rings. The highest BCUT2D eigenvalue weighted by Crippen LogP contribution is 2.21. The number of aliphatic hydroxyl groups excluding tert-OH is 2. The Morgan fingerprint density at radius 1 is 1.06 bits per heavy atom. The molecule has 0 amide bonds. The normalized spacial score (nSPS) is 11.8. The highest BCUT2D eigenvalue weighted by atomic mass is 16.3. The quantitative estimate of drug-likeness (QED) is 0.578. The maximum atomic E-state index is 8.84. The molecule has 16 heavy (non-hydrogen) atoms.